The molecule has 0 N–H and O–H groups in total. The standard InChI is InChI=1S/C32H20/c1-4-10-26-21(7-1)13-14-24-19-25(16-17-28(24)26)32-29-12-6-3-9-23(29)20-31-27-11-5-2-8-22(27)15-18-30(31)32/h1-20H/i2D,3D,5D,6D,8D,9D,11D,12D,15D,18D,20D. The molecular weight excluding hydrogens is 384 g/mol. The Morgan fingerprint density at radius 2 is 1.19 bits per heavy atom. The Hall–Kier alpha value is -4.16. The van der Waals surface area contributed by atoms with Gasteiger partial charge in [0.1, 0.15) is 0 Å². The Kier molecular flexibility index (Phi) is 2.08. The topological polar surface area (TPSA) is 0 Å². The normalized spacial score (nSPS) is 16.6. The summed E-state index contributed by atoms with van der Waals surface area (Å²) in [7, 11) is 0. The lowest BCUT2D eigenvalue weighted by molar-refractivity contribution is 1.72. The Morgan fingerprint density at radius 3 is 2.12 bits per heavy atom. The van der Waals surface area contributed by atoms with Gasteiger partial charge in [-0.1, -0.05) is 109 Å². The zero-order chi connectivity index (χ0) is 30.6. The van der Waals surface area contributed by atoms with E-state index in [9.17, 15) is 1.37 Å². The van der Waals surface area contributed by atoms with Gasteiger partial charge in [-0.05, 0) is 77.1 Å². The summed E-state index contributed by atoms with van der Waals surface area (Å²) in [5.74, 6) is 0. The van der Waals surface area contributed by atoms with Crippen molar-refractivity contribution in [2.24, 2.45) is 0 Å². The van der Waals surface area contributed by atoms with E-state index in [4.69, 9.17) is 13.7 Å². The second kappa shape index (κ2) is 6.67. The van der Waals surface area contributed by atoms with Gasteiger partial charge in [-0.2, -0.15) is 0 Å². The molecule has 7 aromatic carbocycles. The maximum absolute atomic E-state index is 9.21. The van der Waals surface area contributed by atoms with E-state index in [1.807, 2.05) is 48.5 Å². The van der Waals surface area contributed by atoms with Crippen molar-refractivity contribution in [1.29, 1.82) is 0 Å². The zero-order valence-corrected chi connectivity index (χ0v) is 16.7. The third-order valence-electron chi connectivity index (χ3n) is 5.97. The van der Waals surface area contributed by atoms with Gasteiger partial charge in [0.05, 0.1) is 15.1 Å². The van der Waals surface area contributed by atoms with Crippen molar-refractivity contribution in [3.8, 4) is 11.1 Å². The second-order valence-corrected chi connectivity index (χ2v) is 7.72. The molecule has 0 heteroatoms. The highest BCUT2D eigenvalue weighted by atomic mass is 14.2. The fourth-order valence-electron chi connectivity index (χ4n) is 4.52. The van der Waals surface area contributed by atoms with E-state index in [1.54, 1.807) is 6.07 Å². The molecule has 0 nitrogen and oxygen atoms in total. The number of rotatable bonds is 1. The van der Waals surface area contributed by atoms with E-state index in [1.165, 1.54) is 0 Å². The molecule has 7 aromatic rings. The fourth-order valence-corrected chi connectivity index (χ4v) is 4.52. The van der Waals surface area contributed by atoms with Crippen LogP contribution in [0.3, 0.4) is 0 Å². The minimum absolute atomic E-state index is 0.0109. The van der Waals surface area contributed by atoms with Crippen molar-refractivity contribution < 1.29 is 15.1 Å². The van der Waals surface area contributed by atoms with Crippen LogP contribution in [-0.2, 0) is 0 Å². The van der Waals surface area contributed by atoms with Crippen LogP contribution < -0.4 is 0 Å². The predicted molar refractivity (Wildman–Crippen MR) is 139 cm³/mol. The molecule has 0 aliphatic heterocycles. The Balaban J connectivity index is 1.80. The summed E-state index contributed by atoms with van der Waals surface area (Å²) in [4.78, 5) is 0. The van der Waals surface area contributed by atoms with Gasteiger partial charge in [-0.15, -0.1) is 0 Å². The molecule has 0 bridgehead atoms. The molecule has 0 aromatic heterocycles. The van der Waals surface area contributed by atoms with Gasteiger partial charge in [0.2, 0.25) is 0 Å². The van der Waals surface area contributed by atoms with Gasteiger partial charge in [-0.3, -0.25) is 0 Å². The lowest BCUT2D eigenvalue weighted by atomic mass is 9.89. The molecule has 0 radical (unpaired) electrons. The molecule has 0 saturated carbocycles. The van der Waals surface area contributed by atoms with Gasteiger partial charge in [0, 0.05) is 0 Å². The maximum Gasteiger partial charge on any atom is 0.0636 e. The Bertz CT molecular complexity index is 2410. The van der Waals surface area contributed by atoms with E-state index >= 15 is 0 Å². The van der Waals surface area contributed by atoms with Crippen LogP contribution in [0.2, 0.25) is 0 Å². The molecule has 0 spiro atoms. The van der Waals surface area contributed by atoms with Gasteiger partial charge in [-0.25, -0.2) is 0 Å². The van der Waals surface area contributed by atoms with Crippen LogP contribution in [0.1, 0.15) is 15.1 Å². The molecule has 0 aliphatic carbocycles. The molecule has 0 saturated heterocycles. The average molecular weight is 416 g/mol. The summed E-state index contributed by atoms with van der Waals surface area (Å²) in [5.41, 5.74) is 0.687. The first-order valence-electron chi connectivity index (χ1n) is 15.7. The first-order valence-corrected chi connectivity index (χ1v) is 10.2. The predicted octanol–water partition coefficient (Wildman–Crippen LogP) is 9.12. The largest absolute Gasteiger partial charge is 0.0636 e. The molecule has 0 atom stereocenters. The van der Waals surface area contributed by atoms with Crippen molar-refractivity contribution in [2.45, 2.75) is 0 Å². The first-order chi connectivity index (χ1) is 20.5. The van der Waals surface area contributed by atoms with Crippen LogP contribution in [0, 0.1) is 0 Å². The second-order valence-electron chi connectivity index (χ2n) is 7.72. The van der Waals surface area contributed by atoms with E-state index in [-0.39, 0.29) is 37.9 Å². The van der Waals surface area contributed by atoms with Crippen molar-refractivity contribution in [1.82, 2.24) is 0 Å². The minimum Gasteiger partial charge on any atom is -0.0616 e. The van der Waals surface area contributed by atoms with Crippen molar-refractivity contribution >= 4 is 53.9 Å². The molecular formula is C32H20. The van der Waals surface area contributed by atoms with E-state index < -0.39 is 66.5 Å². The lowest BCUT2D eigenvalue weighted by Crippen LogP contribution is -1.88. The summed E-state index contributed by atoms with van der Waals surface area (Å²) in [6, 6.07) is 12.0. The maximum atomic E-state index is 9.21. The third-order valence-corrected chi connectivity index (χ3v) is 5.97. The summed E-state index contributed by atoms with van der Waals surface area (Å²) < 4.78 is 95.3. The Morgan fingerprint density at radius 1 is 0.438 bits per heavy atom. The SMILES string of the molecule is [2H]c1c([2H])c([2H])c2c([2H])c3c(c([2H])c([2H])c4c([2H])c([2H])c([2H])c([2H])c43)c(-c3ccc4c(ccc5ccccc54)c3)c2c1[2H]. The van der Waals surface area contributed by atoms with Crippen LogP contribution in [0.5, 0.6) is 0 Å². The monoisotopic (exact) mass is 415 g/mol. The third kappa shape index (κ3) is 2.50. The van der Waals surface area contributed by atoms with Crippen LogP contribution in [0.25, 0.3) is 65.0 Å². The first kappa shape index (κ1) is 9.97. The lowest BCUT2D eigenvalue weighted by Gasteiger charge is -2.15. The number of hydrogen-bond donors (Lipinski definition) is 0. The average Bonchev–Trinajstić information content (AvgIpc) is 3.01. The summed E-state index contributed by atoms with van der Waals surface area (Å²) in [6.07, 6.45) is 0. The van der Waals surface area contributed by atoms with Crippen molar-refractivity contribution in [3.63, 3.8) is 0 Å². The van der Waals surface area contributed by atoms with Crippen LogP contribution in [0.15, 0.2) is 121 Å². The summed E-state index contributed by atoms with van der Waals surface area (Å²) in [6.45, 7) is 0. The molecule has 7 rings (SSSR count). The highest BCUT2D eigenvalue weighted by molar-refractivity contribution is 6.20. The smallest absolute Gasteiger partial charge is 0.0616 e. The van der Waals surface area contributed by atoms with Gasteiger partial charge < -0.3 is 0 Å². The quantitative estimate of drug-likeness (QED) is 0.185. The molecule has 0 fully saturated rings. The summed E-state index contributed by atoms with van der Waals surface area (Å²) in [5, 5.41) is 3.33. The van der Waals surface area contributed by atoms with Gasteiger partial charge in [0.25, 0.3) is 0 Å². The zero-order valence-electron chi connectivity index (χ0n) is 27.7. The number of fused-ring (bicyclic) bond motifs is 7. The highest BCUT2D eigenvalue weighted by Gasteiger charge is 2.13. The molecule has 0 unspecified atom stereocenters. The highest BCUT2D eigenvalue weighted by Crippen LogP contribution is 2.40. The van der Waals surface area contributed by atoms with Crippen molar-refractivity contribution in [2.75, 3.05) is 0 Å². The number of hydrogen-bond acceptors (Lipinski definition) is 0. The molecule has 0 amide bonds. The van der Waals surface area contributed by atoms with Gasteiger partial charge in [0.15, 0.2) is 0 Å². The van der Waals surface area contributed by atoms with Crippen LogP contribution in [-0.4, -0.2) is 0 Å². The summed E-state index contributed by atoms with van der Waals surface area (Å²) >= 11 is 0. The molecule has 148 valence electrons. The Labute approximate surface area is 201 Å². The fraction of sp³-hybridized carbons (Fsp3) is 0. The molecule has 0 aliphatic rings. The number of benzene rings is 7. The molecule has 32 heavy (non-hydrogen) atoms. The molecule has 0 heterocycles. The van der Waals surface area contributed by atoms with E-state index in [2.05, 4.69) is 0 Å². The van der Waals surface area contributed by atoms with E-state index in [0.29, 0.717) is 5.56 Å². The minimum atomic E-state index is -0.569. The van der Waals surface area contributed by atoms with Crippen LogP contribution >= 0.6 is 0 Å². The van der Waals surface area contributed by atoms with Gasteiger partial charge >= 0.3 is 0 Å². The van der Waals surface area contributed by atoms with Crippen molar-refractivity contribution in [3.05, 3.63) is 121 Å². The van der Waals surface area contributed by atoms with E-state index in [0.717, 1.165) is 21.5 Å². The van der Waals surface area contributed by atoms with Crippen LogP contribution in [0.4, 0.5) is 0 Å².